The molecule has 0 unspecified atom stereocenters. The monoisotopic (exact) mass is 326 g/mol. The second kappa shape index (κ2) is 5.16. The van der Waals surface area contributed by atoms with Crippen LogP contribution in [0.1, 0.15) is 5.69 Å². The van der Waals surface area contributed by atoms with Crippen LogP contribution in [0.4, 0.5) is 5.82 Å². The summed E-state index contributed by atoms with van der Waals surface area (Å²) in [5.74, 6) is 1.39. The lowest BCUT2D eigenvalue weighted by molar-refractivity contribution is 0.299. The highest BCUT2D eigenvalue weighted by Gasteiger charge is 2.00. The number of anilines is 1. The molecule has 1 aromatic heterocycles. The molecule has 0 saturated heterocycles. The van der Waals surface area contributed by atoms with Crippen LogP contribution in [-0.4, -0.2) is 4.98 Å². The van der Waals surface area contributed by atoms with Crippen LogP contribution in [0.5, 0.6) is 5.75 Å². The highest BCUT2D eigenvalue weighted by atomic mass is 127. The minimum Gasteiger partial charge on any atom is -0.486 e. The van der Waals surface area contributed by atoms with Crippen LogP contribution in [0.2, 0.25) is 0 Å². The van der Waals surface area contributed by atoms with E-state index < -0.39 is 0 Å². The van der Waals surface area contributed by atoms with Crippen molar-refractivity contribution >= 4 is 28.4 Å². The number of ether oxygens (including phenoxy) is 1. The topological polar surface area (TPSA) is 48.1 Å². The Morgan fingerprint density at radius 2 is 1.94 bits per heavy atom. The molecule has 0 fully saturated rings. The van der Waals surface area contributed by atoms with Crippen LogP contribution < -0.4 is 10.5 Å². The van der Waals surface area contributed by atoms with Crippen molar-refractivity contribution in [1.82, 2.24) is 4.98 Å². The predicted octanol–water partition coefficient (Wildman–Crippen LogP) is 2.85. The normalized spacial score (nSPS) is 10.1. The second-order valence-corrected chi connectivity index (χ2v) is 4.44. The number of nitrogens with zero attached hydrogens (tertiary/aromatic N) is 1. The van der Waals surface area contributed by atoms with Gasteiger partial charge in [-0.05, 0) is 46.9 Å². The zero-order valence-corrected chi connectivity index (χ0v) is 10.7. The van der Waals surface area contributed by atoms with E-state index in [1.807, 2.05) is 36.4 Å². The lowest BCUT2D eigenvalue weighted by Crippen LogP contribution is -2.01. The maximum absolute atomic E-state index is 5.65. The Morgan fingerprint density at radius 3 is 2.69 bits per heavy atom. The van der Waals surface area contributed by atoms with Crippen molar-refractivity contribution in [2.75, 3.05) is 5.73 Å². The van der Waals surface area contributed by atoms with Crippen LogP contribution in [0.3, 0.4) is 0 Å². The smallest absolute Gasteiger partial charge is 0.133 e. The van der Waals surface area contributed by atoms with Gasteiger partial charge in [0.05, 0.1) is 9.26 Å². The second-order valence-electron chi connectivity index (χ2n) is 3.27. The molecular formula is C12H11IN2O. The first-order chi connectivity index (χ1) is 7.75. The van der Waals surface area contributed by atoms with E-state index in [4.69, 9.17) is 10.5 Å². The summed E-state index contributed by atoms with van der Waals surface area (Å²) in [5, 5.41) is 0. The SMILES string of the molecule is Nc1cccc(COc2ccccc2I)n1. The molecule has 0 aliphatic rings. The fourth-order valence-corrected chi connectivity index (χ4v) is 1.84. The number of pyridine rings is 1. The van der Waals surface area contributed by atoms with Gasteiger partial charge in [-0.3, -0.25) is 0 Å². The summed E-state index contributed by atoms with van der Waals surface area (Å²) in [6, 6.07) is 13.4. The summed E-state index contributed by atoms with van der Waals surface area (Å²) in [7, 11) is 0. The third kappa shape index (κ3) is 2.85. The van der Waals surface area contributed by atoms with Gasteiger partial charge in [0.1, 0.15) is 18.2 Å². The Labute approximate surface area is 108 Å². The highest BCUT2D eigenvalue weighted by molar-refractivity contribution is 14.1. The van der Waals surface area contributed by atoms with E-state index in [0.717, 1.165) is 15.0 Å². The number of nitrogens with two attached hydrogens (primary N) is 1. The standard InChI is InChI=1S/C12H11IN2O/c13-10-5-1-2-6-11(10)16-8-9-4-3-7-12(14)15-9/h1-7H,8H2,(H2,14,15). The molecule has 0 aliphatic carbocycles. The molecule has 0 saturated carbocycles. The molecule has 0 spiro atoms. The molecule has 3 nitrogen and oxygen atoms in total. The molecule has 1 aromatic carbocycles. The van der Waals surface area contributed by atoms with E-state index in [0.29, 0.717) is 12.4 Å². The van der Waals surface area contributed by atoms with Gasteiger partial charge < -0.3 is 10.5 Å². The van der Waals surface area contributed by atoms with Crippen molar-refractivity contribution in [3.05, 3.63) is 51.7 Å². The molecular weight excluding hydrogens is 315 g/mol. The van der Waals surface area contributed by atoms with Crippen molar-refractivity contribution < 1.29 is 4.74 Å². The summed E-state index contributed by atoms with van der Waals surface area (Å²) in [5.41, 5.74) is 6.42. The predicted molar refractivity (Wildman–Crippen MR) is 72.1 cm³/mol. The van der Waals surface area contributed by atoms with Crippen LogP contribution in [0, 0.1) is 3.57 Å². The lowest BCUT2D eigenvalue weighted by atomic mass is 10.3. The first-order valence-corrected chi connectivity index (χ1v) is 5.92. The van der Waals surface area contributed by atoms with Gasteiger partial charge in [0.2, 0.25) is 0 Å². The number of para-hydroxylation sites is 1. The molecule has 0 amide bonds. The summed E-state index contributed by atoms with van der Waals surface area (Å²) >= 11 is 2.24. The van der Waals surface area contributed by atoms with Crippen molar-refractivity contribution in [2.45, 2.75) is 6.61 Å². The average molecular weight is 326 g/mol. The zero-order valence-electron chi connectivity index (χ0n) is 8.56. The molecule has 0 atom stereocenters. The number of halogens is 1. The molecule has 2 N–H and O–H groups in total. The maximum Gasteiger partial charge on any atom is 0.133 e. The number of aromatic nitrogens is 1. The summed E-state index contributed by atoms with van der Waals surface area (Å²) in [6.07, 6.45) is 0. The fraction of sp³-hybridized carbons (Fsp3) is 0.0833. The van der Waals surface area contributed by atoms with Crippen LogP contribution in [-0.2, 0) is 6.61 Å². The third-order valence-electron chi connectivity index (χ3n) is 2.04. The van der Waals surface area contributed by atoms with E-state index in [9.17, 15) is 0 Å². The van der Waals surface area contributed by atoms with Gasteiger partial charge in [0, 0.05) is 0 Å². The molecule has 0 radical (unpaired) electrons. The van der Waals surface area contributed by atoms with Crippen LogP contribution >= 0.6 is 22.6 Å². The zero-order chi connectivity index (χ0) is 11.4. The Morgan fingerprint density at radius 1 is 1.12 bits per heavy atom. The summed E-state index contributed by atoms with van der Waals surface area (Å²) < 4.78 is 6.74. The maximum atomic E-state index is 5.65. The number of hydrogen-bond acceptors (Lipinski definition) is 3. The van der Waals surface area contributed by atoms with Gasteiger partial charge in [-0.1, -0.05) is 18.2 Å². The molecule has 82 valence electrons. The summed E-state index contributed by atoms with van der Waals surface area (Å²) in [4.78, 5) is 4.17. The van der Waals surface area contributed by atoms with E-state index in [1.165, 1.54) is 0 Å². The molecule has 16 heavy (non-hydrogen) atoms. The molecule has 1 heterocycles. The van der Waals surface area contributed by atoms with Gasteiger partial charge in [0.25, 0.3) is 0 Å². The van der Waals surface area contributed by atoms with Gasteiger partial charge in [-0.25, -0.2) is 4.98 Å². The fourth-order valence-electron chi connectivity index (χ4n) is 1.29. The Hall–Kier alpha value is -1.30. The largest absolute Gasteiger partial charge is 0.486 e. The van der Waals surface area contributed by atoms with E-state index in [1.54, 1.807) is 6.07 Å². The van der Waals surface area contributed by atoms with E-state index >= 15 is 0 Å². The minimum absolute atomic E-state index is 0.436. The van der Waals surface area contributed by atoms with Crippen molar-refractivity contribution in [3.63, 3.8) is 0 Å². The number of benzene rings is 1. The van der Waals surface area contributed by atoms with E-state index in [-0.39, 0.29) is 0 Å². The Kier molecular flexibility index (Phi) is 3.61. The molecule has 0 bridgehead atoms. The van der Waals surface area contributed by atoms with Gasteiger partial charge in [-0.15, -0.1) is 0 Å². The number of rotatable bonds is 3. The Balaban J connectivity index is 2.05. The van der Waals surface area contributed by atoms with Crippen molar-refractivity contribution in [1.29, 1.82) is 0 Å². The molecule has 2 aromatic rings. The lowest BCUT2D eigenvalue weighted by Gasteiger charge is -2.07. The molecule has 4 heteroatoms. The first kappa shape index (κ1) is 11.2. The Bertz CT molecular complexity index is 488. The number of hydrogen-bond donors (Lipinski definition) is 1. The van der Waals surface area contributed by atoms with Crippen molar-refractivity contribution in [2.24, 2.45) is 0 Å². The molecule has 0 aliphatic heterocycles. The van der Waals surface area contributed by atoms with Gasteiger partial charge in [-0.2, -0.15) is 0 Å². The summed E-state index contributed by atoms with van der Waals surface area (Å²) in [6.45, 7) is 0.436. The average Bonchev–Trinajstić information content (AvgIpc) is 2.28. The van der Waals surface area contributed by atoms with Gasteiger partial charge >= 0.3 is 0 Å². The number of nitrogen functional groups attached to an aromatic ring is 1. The quantitative estimate of drug-likeness (QED) is 0.883. The van der Waals surface area contributed by atoms with Crippen LogP contribution in [0.25, 0.3) is 0 Å². The third-order valence-corrected chi connectivity index (χ3v) is 2.93. The van der Waals surface area contributed by atoms with E-state index in [2.05, 4.69) is 27.6 Å². The van der Waals surface area contributed by atoms with Crippen molar-refractivity contribution in [3.8, 4) is 5.75 Å². The highest BCUT2D eigenvalue weighted by Crippen LogP contribution is 2.20. The molecule has 2 rings (SSSR count). The van der Waals surface area contributed by atoms with Gasteiger partial charge in [0.15, 0.2) is 0 Å². The van der Waals surface area contributed by atoms with Crippen LogP contribution in [0.15, 0.2) is 42.5 Å². The first-order valence-electron chi connectivity index (χ1n) is 4.84. The minimum atomic E-state index is 0.436.